The van der Waals surface area contributed by atoms with Gasteiger partial charge in [0.05, 0.1) is 22.0 Å². The van der Waals surface area contributed by atoms with Gasteiger partial charge in [-0.2, -0.15) is 0 Å². The van der Waals surface area contributed by atoms with Crippen molar-refractivity contribution in [3.63, 3.8) is 0 Å². The maximum absolute atomic E-state index is 12.3. The normalized spacial score (nSPS) is 11.1. The largest absolute Gasteiger partial charge is 0.340 e. The van der Waals surface area contributed by atoms with Crippen molar-refractivity contribution in [2.24, 2.45) is 7.05 Å². The van der Waals surface area contributed by atoms with Crippen LogP contribution in [0, 0.1) is 0 Å². The van der Waals surface area contributed by atoms with Crippen molar-refractivity contribution in [1.29, 1.82) is 0 Å². The molecule has 0 atom stereocenters. The van der Waals surface area contributed by atoms with E-state index in [9.17, 15) is 9.59 Å². The first-order valence-corrected chi connectivity index (χ1v) is 10.1. The Kier molecular flexibility index (Phi) is 5.29. The number of amides is 1. The summed E-state index contributed by atoms with van der Waals surface area (Å²) >= 11 is 10.1. The zero-order valence-electron chi connectivity index (χ0n) is 13.0. The fourth-order valence-corrected chi connectivity index (χ4v) is 4.96. The van der Waals surface area contributed by atoms with Crippen molar-refractivity contribution in [3.05, 3.63) is 43.1 Å². The van der Waals surface area contributed by atoms with Crippen molar-refractivity contribution in [2.45, 2.75) is 11.7 Å². The Labute approximate surface area is 155 Å². The molecule has 3 aromatic heterocycles. The number of aromatic nitrogens is 2. The van der Waals surface area contributed by atoms with Crippen molar-refractivity contribution in [1.82, 2.24) is 14.5 Å². The average molecular weight is 400 g/mol. The van der Waals surface area contributed by atoms with E-state index < -0.39 is 0 Å². The fraction of sp³-hybridized carbons (Fsp3) is 0.267. The zero-order chi connectivity index (χ0) is 17.3. The van der Waals surface area contributed by atoms with Crippen LogP contribution in [0.1, 0.15) is 4.88 Å². The lowest BCUT2D eigenvalue weighted by atomic mass is 10.4. The highest BCUT2D eigenvalue weighted by Crippen LogP contribution is 2.23. The molecule has 0 N–H and O–H groups in total. The molecule has 0 aliphatic heterocycles. The van der Waals surface area contributed by atoms with Crippen molar-refractivity contribution < 1.29 is 4.79 Å². The van der Waals surface area contributed by atoms with Gasteiger partial charge in [-0.05, 0) is 23.6 Å². The summed E-state index contributed by atoms with van der Waals surface area (Å²) in [5.41, 5.74) is -0.0854. The van der Waals surface area contributed by atoms with E-state index in [1.807, 2.05) is 17.5 Å². The van der Waals surface area contributed by atoms with Gasteiger partial charge in [-0.1, -0.05) is 23.4 Å². The molecule has 0 aliphatic rings. The first-order valence-electron chi connectivity index (χ1n) is 7.01. The Hall–Kier alpha value is -1.35. The van der Waals surface area contributed by atoms with Crippen LogP contribution in [0.25, 0.3) is 10.2 Å². The van der Waals surface area contributed by atoms with Gasteiger partial charge < -0.3 is 4.90 Å². The number of hydrogen-bond acceptors (Lipinski definition) is 6. The van der Waals surface area contributed by atoms with Crippen LogP contribution in [0.5, 0.6) is 0 Å². The van der Waals surface area contributed by atoms with E-state index in [2.05, 4.69) is 4.98 Å². The quantitative estimate of drug-likeness (QED) is 0.487. The van der Waals surface area contributed by atoms with E-state index in [4.69, 9.17) is 11.6 Å². The summed E-state index contributed by atoms with van der Waals surface area (Å²) in [5.74, 6) is 0.206. The second kappa shape index (κ2) is 7.26. The van der Waals surface area contributed by atoms with E-state index in [-0.39, 0.29) is 17.2 Å². The Balaban J connectivity index is 1.67. The van der Waals surface area contributed by atoms with E-state index in [0.717, 1.165) is 4.88 Å². The highest BCUT2D eigenvalue weighted by molar-refractivity contribution is 7.99. The molecule has 9 heteroatoms. The number of thioether (sulfide) groups is 1. The third-order valence-electron chi connectivity index (χ3n) is 3.44. The molecule has 0 saturated heterocycles. The minimum Gasteiger partial charge on any atom is -0.340 e. The minimum atomic E-state index is -0.0854. The summed E-state index contributed by atoms with van der Waals surface area (Å²) in [7, 11) is 3.43. The Bertz CT molecular complexity index is 947. The molecule has 0 aromatic carbocycles. The maximum Gasteiger partial charge on any atom is 0.262 e. The van der Waals surface area contributed by atoms with Crippen molar-refractivity contribution in [2.75, 3.05) is 12.8 Å². The molecule has 126 valence electrons. The molecule has 1 amide bonds. The molecule has 0 saturated carbocycles. The Morgan fingerprint density at radius 2 is 2.21 bits per heavy atom. The zero-order valence-corrected chi connectivity index (χ0v) is 16.2. The summed E-state index contributed by atoms with van der Waals surface area (Å²) < 4.78 is 2.20. The molecule has 0 bridgehead atoms. The number of carbonyl (C=O) groups is 1. The van der Waals surface area contributed by atoms with E-state index in [0.29, 0.717) is 26.3 Å². The molecule has 0 aliphatic carbocycles. The molecule has 0 radical (unpaired) electrons. The van der Waals surface area contributed by atoms with Crippen LogP contribution in [-0.4, -0.2) is 33.2 Å². The first-order chi connectivity index (χ1) is 11.5. The molecule has 3 rings (SSSR count). The standard InChI is InChI=1S/C15H14ClN3O2S3/c1-18(7-9-3-4-11(16)24-9)12(20)8-23-15-17-13-10(5-6-22-13)14(21)19(15)2/h3-6H,7-8H2,1-2H3. The molecule has 0 unspecified atom stereocenters. The molecule has 24 heavy (non-hydrogen) atoms. The smallest absolute Gasteiger partial charge is 0.262 e. The maximum atomic E-state index is 12.3. The van der Waals surface area contributed by atoms with Gasteiger partial charge in [0.1, 0.15) is 4.83 Å². The van der Waals surface area contributed by atoms with Crippen LogP contribution in [0.15, 0.2) is 33.5 Å². The van der Waals surface area contributed by atoms with Gasteiger partial charge in [-0.25, -0.2) is 4.98 Å². The van der Waals surface area contributed by atoms with Gasteiger partial charge >= 0.3 is 0 Å². The number of thiophene rings is 2. The Morgan fingerprint density at radius 1 is 1.42 bits per heavy atom. The molecular weight excluding hydrogens is 386 g/mol. The summed E-state index contributed by atoms with van der Waals surface area (Å²) in [5, 5.41) is 3.01. The molecule has 3 heterocycles. The van der Waals surface area contributed by atoms with Crippen LogP contribution < -0.4 is 5.56 Å². The van der Waals surface area contributed by atoms with Crippen LogP contribution >= 0.6 is 46.0 Å². The third-order valence-corrected chi connectivity index (χ3v) is 6.47. The SMILES string of the molecule is CN(Cc1ccc(Cl)s1)C(=O)CSc1nc2sccc2c(=O)n1C. The molecule has 0 spiro atoms. The van der Waals surface area contributed by atoms with Gasteiger partial charge in [0.25, 0.3) is 5.56 Å². The molecular formula is C15H14ClN3O2S3. The Morgan fingerprint density at radius 3 is 2.92 bits per heavy atom. The third kappa shape index (κ3) is 3.66. The van der Waals surface area contributed by atoms with Crippen LogP contribution in [0.3, 0.4) is 0 Å². The number of halogens is 1. The van der Waals surface area contributed by atoms with Gasteiger partial charge in [0.15, 0.2) is 5.16 Å². The van der Waals surface area contributed by atoms with Gasteiger partial charge in [-0.3, -0.25) is 14.2 Å². The van der Waals surface area contributed by atoms with E-state index in [1.54, 1.807) is 25.1 Å². The number of carbonyl (C=O) groups excluding carboxylic acids is 1. The highest BCUT2D eigenvalue weighted by Gasteiger charge is 2.14. The lowest BCUT2D eigenvalue weighted by molar-refractivity contribution is -0.127. The molecule has 3 aromatic rings. The predicted molar refractivity (Wildman–Crippen MR) is 101 cm³/mol. The summed E-state index contributed by atoms with van der Waals surface area (Å²) in [6.07, 6.45) is 0. The van der Waals surface area contributed by atoms with Gasteiger partial charge in [0, 0.05) is 19.0 Å². The lowest BCUT2D eigenvalue weighted by Crippen LogP contribution is -2.28. The summed E-state index contributed by atoms with van der Waals surface area (Å²) in [4.78, 5) is 32.4. The summed E-state index contributed by atoms with van der Waals surface area (Å²) in [6, 6.07) is 5.51. The highest BCUT2D eigenvalue weighted by atomic mass is 35.5. The topological polar surface area (TPSA) is 55.2 Å². The van der Waals surface area contributed by atoms with Crippen molar-refractivity contribution >= 4 is 62.2 Å². The fourth-order valence-electron chi connectivity index (χ4n) is 2.10. The molecule has 5 nitrogen and oxygen atoms in total. The monoisotopic (exact) mass is 399 g/mol. The van der Waals surface area contributed by atoms with Crippen LogP contribution in [0.4, 0.5) is 0 Å². The first kappa shape index (κ1) is 17.5. The minimum absolute atomic E-state index is 0.0231. The summed E-state index contributed by atoms with van der Waals surface area (Å²) in [6.45, 7) is 0.521. The number of fused-ring (bicyclic) bond motifs is 1. The van der Waals surface area contributed by atoms with E-state index >= 15 is 0 Å². The van der Waals surface area contributed by atoms with Crippen LogP contribution in [0.2, 0.25) is 4.34 Å². The molecule has 0 fully saturated rings. The lowest BCUT2D eigenvalue weighted by Gasteiger charge is -2.16. The van der Waals surface area contributed by atoms with Crippen LogP contribution in [-0.2, 0) is 18.4 Å². The number of nitrogens with zero attached hydrogens (tertiary/aromatic N) is 3. The van der Waals surface area contributed by atoms with Crippen molar-refractivity contribution in [3.8, 4) is 0 Å². The number of hydrogen-bond donors (Lipinski definition) is 0. The second-order valence-corrected chi connectivity index (χ2v) is 8.78. The van der Waals surface area contributed by atoms with E-state index in [1.165, 1.54) is 39.0 Å². The van der Waals surface area contributed by atoms with Gasteiger partial charge in [0.2, 0.25) is 5.91 Å². The number of rotatable bonds is 5. The van der Waals surface area contributed by atoms with Gasteiger partial charge in [-0.15, -0.1) is 22.7 Å². The predicted octanol–water partition coefficient (Wildman–Crippen LogP) is 3.46. The second-order valence-electron chi connectivity index (χ2n) is 5.14. The average Bonchev–Trinajstić information content (AvgIpc) is 3.18.